The fourth-order valence-electron chi connectivity index (χ4n) is 1.48. The molecule has 0 saturated heterocycles. The molecule has 0 aromatic heterocycles. The largest absolute Gasteiger partial charge is 0.364 e. The van der Waals surface area contributed by atoms with E-state index in [1.165, 1.54) is 0 Å². The molecule has 0 amide bonds. The Morgan fingerprint density at radius 3 is 3.00 bits per heavy atom. The number of fused-ring (bicyclic) bond motifs is 1. The van der Waals surface area contributed by atoms with Gasteiger partial charge in [0.05, 0.1) is 18.0 Å². The highest BCUT2D eigenvalue weighted by Crippen LogP contribution is 2.33. The molecular weight excluding hydrogens is 155 g/mol. The first kappa shape index (κ1) is 7.40. The Bertz CT molecular complexity index is 323. The van der Waals surface area contributed by atoms with E-state index in [1.807, 2.05) is 24.9 Å². The molecule has 64 valence electrons. The summed E-state index contributed by atoms with van der Waals surface area (Å²) >= 11 is 0. The molecule has 12 heavy (non-hydrogen) atoms. The van der Waals surface area contributed by atoms with Crippen LogP contribution in [0.4, 0.5) is 15.8 Å². The van der Waals surface area contributed by atoms with E-state index >= 15 is 0 Å². The average molecular weight is 166 g/mol. The number of rotatable bonds is 0. The summed E-state index contributed by atoms with van der Waals surface area (Å²) in [5, 5.41) is 3.00. The lowest BCUT2D eigenvalue weighted by Gasteiger charge is -2.09. The molecule has 0 saturated carbocycles. The number of benzene rings is 1. The molecule has 1 aromatic rings. The summed E-state index contributed by atoms with van der Waals surface area (Å²) in [6.07, 6.45) is 0. The third-order valence-corrected chi connectivity index (χ3v) is 2.12. The second kappa shape index (κ2) is 2.37. The Morgan fingerprint density at radius 2 is 2.25 bits per heavy atom. The second-order valence-electron chi connectivity index (χ2n) is 3.17. The van der Waals surface area contributed by atoms with Crippen molar-refractivity contribution in [2.45, 2.75) is 6.92 Å². The van der Waals surface area contributed by atoms with Gasteiger partial charge in [0.1, 0.15) is 5.82 Å². The lowest BCUT2D eigenvalue weighted by Crippen LogP contribution is -2.15. The van der Waals surface area contributed by atoms with Crippen LogP contribution in [0.1, 0.15) is 5.56 Å². The van der Waals surface area contributed by atoms with Crippen LogP contribution in [-0.4, -0.2) is 13.7 Å². The highest BCUT2D eigenvalue weighted by molar-refractivity contribution is 5.75. The van der Waals surface area contributed by atoms with E-state index in [0.29, 0.717) is 12.4 Å². The van der Waals surface area contributed by atoms with Crippen molar-refractivity contribution in [3.05, 3.63) is 23.5 Å². The van der Waals surface area contributed by atoms with Crippen molar-refractivity contribution in [3.63, 3.8) is 0 Å². The van der Waals surface area contributed by atoms with Crippen LogP contribution >= 0.6 is 0 Å². The van der Waals surface area contributed by atoms with Crippen molar-refractivity contribution in [3.8, 4) is 0 Å². The van der Waals surface area contributed by atoms with Crippen molar-refractivity contribution in [1.82, 2.24) is 0 Å². The van der Waals surface area contributed by atoms with Crippen LogP contribution in [0.25, 0.3) is 0 Å². The minimum Gasteiger partial charge on any atom is -0.364 e. The molecule has 3 heteroatoms. The summed E-state index contributed by atoms with van der Waals surface area (Å²) in [5.74, 6) is -0.158. The zero-order chi connectivity index (χ0) is 8.72. The van der Waals surface area contributed by atoms with E-state index in [1.54, 1.807) is 6.07 Å². The van der Waals surface area contributed by atoms with Crippen LogP contribution in [0, 0.1) is 12.7 Å². The summed E-state index contributed by atoms with van der Waals surface area (Å²) in [5.41, 5.74) is 2.54. The molecule has 1 aliphatic rings. The van der Waals surface area contributed by atoms with Gasteiger partial charge < -0.3 is 10.2 Å². The zero-order valence-corrected chi connectivity index (χ0v) is 7.19. The highest BCUT2D eigenvalue weighted by Gasteiger charge is 2.18. The molecule has 1 heterocycles. The fourth-order valence-corrected chi connectivity index (χ4v) is 1.48. The lowest BCUT2D eigenvalue weighted by atomic mass is 10.2. The summed E-state index contributed by atoms with van der Waals surface area (Å²) in [6.45, 7) is 2.59. The van der Waals surface area contributed by atoms with Gasteiger partial charge in [0.15, 0.2) is 0 Å². The molecule has 0 unspecified atom stereocenters. The maximum atomic E-state index is 13.2. The lowest BCUT2D eigenvalue weighted by molar-refractivity contribution is 0.631. The minimum atomic E-state index is -0.158. The molecule has 0 bridgehead atoms. The third-order valence-electron chi connectivity index (χ3n) is 2.12. The minimum absolute atomic E-state index is 0.158. The third kappa shape index (κ3) is 0.932. The molecule has 0 spiro atoms. The summed E-state index contributed by atoms with van der Waals surface area (Å²) in [4.78, 5) is 1.99. The summed E-state index contributed by atoms with van der Waals surface area (Å²) in [7, 11) is 1.94. The normalized spacial score (nSPS) is 14.4. The fraction of sp³-hybridized carbons (Fsp3) is 0.333. The van der Waals surface area contributed by atoms with Crippen molar-refractivity contribution in [2.24, 2.45) is 0 Å². The molecule has 2 nitrogen and oxygen atoms in total. The van der Waals surface area contributed by atoms with Crippen molar-refractivity contribution in [2.75, 3.05) is 23.9 Å². The van der Waals surface area contributed by atoms with Gasteiger partial charge in [-0.3, -0.25) is 0 Å². The smallest absolute Gasteiger partial charge is 0.148 e. The predicted octanol–water partition coefficient (Wildman–Crippen LogP) is 1.95. The van der Waals surface area contributed by atoms with E-state index < -0.39 is 0 Å². The average Bonchev–Trinajstić information content (AvgIpc) is 2.33. The number of aryl methyl sites for hydroxylation is 1. The van der Waals surface area contributed by atoms with Crippen molar-refractivity contribution in [1.29, 1.82) is 0 Å². The maximum absolute atomic E-state index is 13.2. The number of nitrogens with zero attached hydrogens (tertiary/aromatic N) is 1. The van der Waals surface area contributed by atoms with Gasteiger partial charge in [-0.2, -0.15) is 0 Å². The molecule has 0 aliphatic carbocycles. The first-order valence-corrected chi connectivity index (χ1v) is 3.93. The van der Waals surface area contributed by atoms with Crippen molar-refractivity contribution < 1.29 is 4.39 Å². The molecule has 0 fully saturated rings. The van der Waals surface area contributed by atoms with Gasteiger partial charge in [-0.15, -0.1) is 0 Å². The Kier molecular flexibility index (Phi) is 1.46. The van der Waals surface area contributed by atoms with E-state index in [9.17, 15) is 4.39 Å². The van der Waals surface area contributed by atoms with Crippen LogP contribution < -0.4 is 10.2 Å². The predicted molar refractivity (Wildman–Crippen MR) is 48.0 cm³/mol. The molecule has 0 radical (unpaired) electrons. The van der Waals surface area contributed by atoms with Gasteiger partial charge in [0, 0.05) is 7.05 Å². The van der Waals surface area contributed by atoms with Crippen LogP contribution in [0.15, 0.2) is 12.1 Å². The number of hydrogen-bond acceptors (Lipinski definition) is 2. The Hall–Kier alpha value is -1.25. The monoisotopic (exact) mass is 166 g/mol. The quantitative estimate of drug-likeness (QED) is 0.633. The first-order chi connectivity index (χ1) is 5.68. The molecule has 0 atom stereocenters. The van der Waals surface area contributed by atoms with Gasteiger partial charge in [0.25, 0.3) is 0 Å². The van der Waals surface area contributed by atoms with E-state index in [4.69, 9.17) is 0 Å². The first-order valence-electron chi connectivity index (χ1n) is 3.93. The molecule has 2 rings (SSSR count). The Morgan fingerprint density at radius 1 is 1.50 bits per heavy atom. The second-order valence-corrected chi connectivity index (χ2v) is 3.17. The summed E-state index contributed by atoms with van der Waals surface area (Å²) in [6, 6.07) is 3.53. The van der Waals surface area contributed by atoms with Crippen LogP contribution in [0.5, 0.6) is 0 Å². The molecule has 1 aromatic carbocycles. The number of anilines is 2. The summed E-state index contributed by atoms with van der Waals surface area (Å²) < 4.78 is 13.2. The Labute approximate surface area is 71.0 Å². The molecular formula is C9H11FN2. The van der Waals surface area contributed by atoms with Gasteiger partial charge in [0.2, 0.25) is 0 Å². The molecule has 1 N–H and O–H groups in total. The topological polar surface area (TPSA) is 15.3 Å². The van der Waals surface area contributed by atoms with Gasteiger partial charge in [-0.05, 0) is 24.6 Å². The maximum Gasteiger partial charge on any atom is 0.148 e. The van der Waals surface area contributed by atoms with E-state index in [-0.39, 0.29) is 5.82 Å². The van der Waals surface area contributed by atoms with Crippen LogP contribution in [0.3, 0.4) is 0 Å². The van der Waals surface area contributed by atoms with Gasteiger partial charge in [-0.1, -0.05) is 0 Å². The standard InChI is InChI=1S/C9H11FN2/c1-6-3-7(10)9-8(4-6)12(2)5-11-9/h3-4,11H,5H2,1-2H3. The Balaban J connectivity index is 2.60. The van der Waals surface area contributed by atoms with Crippen molar-refractivity contribution >= 4 is 11.4 Å². The van der Waals surface area contributed by atoms with E-state index in [0.717, 1.165) is 11.3 Å². The van der Waals surface area contributed by atoms with Gasteiger partial charge >= 0.3 is 0 Å². The number of nitrogens with one attached hydrogen (secondary N) is 1. The van der Waals surface area contributed by atoms with E-state index in [2.05, 4.69) is 5.32 Å². The SMILES string of the molecule is Cc1cc(F)c2c(c1)N(C)CN2. The van der Waals surface area contributed by atoms with Crippen LogP contribution in [0.2, 0.25) is 0 Å². The number of halogens is 1. The highest BCUT2D eigenvalue weighted by atomic mass is 19.1. The van der Waals surface area contributed by atoms with Crippen LogP contribution in [-0.2, 0) is 0 Å². The zero-order valence-electron chi connectivity index (χ0n) is 7.19. The van der Waals surface area contributed by atoms with Gasteiger partial charge in [-0.25, -0.2) is 4.39 Å². The number of hydrogen-bond donors (Lipinski definition) is 1. The molecule has 1 aliphatic heterocycles.